The van der Waals surface area contributed by atoms with E-state index in [2.05, 4.69) is 58.1 Å². The smallest absolute Gasteiger partial charge is 0.111 e. The van der Waals surface area contributed by atoms with Crippen LogP contribution in [0.15, 0.2) is 22.7 Å². The maximum Gasteiger partial charge on any atom is 0.111 e. The molecule has 108 valence electrons. The number of benzene rings is 1. The lowest BCUT2D eigenvalue weighted by molar-refractivity contribution is 0.240. The fourth-order valence-electron chi connectivity index (χ4n) is 3.43. The summed E-state index contributed by atoms with van der Waals surface area (Å²) in [5, 5.41) is 3.59. The van der Waals surface area contributed by atoms with Crippen LogP contribution in [0.25, 0.3) is 11.0 Å². The minimum absolute atomic E-state index is 0.241. The van der Waals surface area contributed by atoms with Crippen molar-refractivity contribution in [2.24, 2.45) is 7.05 Å². The van der Waals surface area contributed by atoms with Crippen LogP contribution in [0.1, 0.15) is 37.9 Å². The van der Waals surface area contributed by atoms with Crippen molar-refractivity contribution in [3.8, 4) is 0 Å². The third-order valence-electron chi connectivity index (χ3n) is 4.77. The number of nitrogens with one attached hydrogen (secondary N) is 1. The molecule has 0 radical (unpaired) electrons. The zero-order valence-electron chi connectivity index (χ0n) is 12.2. The average molecular weight is 336 g/mol. The van der Waals surface area contributed by atoms with E-state index in [1.807, 2.05) is 0 Å². The standard InChI is InChI=1S/C16H22BrN3/c1-18-16(8-4-3-5-9-16)11-15-19-13-10-12(17)6-7-14(13)20(15)2/h6-7,10,18H,3-5,8-9,11H2,1-2H3. The second-order valence-corrected chi connectivity index (χ2v) is 6.90. The largest absolute Gasteiger partial charge is 0.331 e. The van der Waals surface area contributed by atoms with E-state index in [4.69, 9.17) is 4.98 Å². The van der Waals surface area contributed by atoms with E-state index in [-0.39, 0.29) is 5.54 Å². The predicted molar refractivity (Wildman–Crippen MR) is 87.0 cm³/mol. The summed E-state index contributed by atoms with van der Waals surface area (Å²) in [5.74, 6) is 1.19. The van der Waals surface area contributed by atoms with Gasteiger partial charge in [0.1, 0.15) is 5.82 Å². The molecule has 0 aliphatic heterocycles. The summed E-state index contributed by atoms with van der Waals surface area (Å²) in [6, 6.07) is 6.33. The molecule has 1 aliphatic rings. The fraction of sp³-hybridized carbons (Fsp3) is 0.562. The number of halogens is 1. The molecular formula is C16H22BrN3. The molecule has 1 heterocycles. The Morgan fingerprint density at radius 2 is 2.05 bits per heavy atom. The normalized spacial score (nSPS) is 18.6. The quantitative estimate of drug-likeness (QED) is 0.924. The fourth-order valence-corrected chi connectivity index (χ4v) is 3.78. The predicted octanol–water partition coefficient (Wildman–Crippen LogP) is 3.80. The van der Waals surface area contributed by atoms with Crippen molar-refractivity contribution >= 4 is 27.0 Å². The molecule has 0 amide bonds. The van der Waals surface area contributed by atoms with E-state index >= 15 is 0 Å². The summed E-state index contributed by atoms with van der Waals surface area (Å²) in [5.41, 5.74) is 2.54. The number of hydrogen-bond acceptors (Lipinski definition) is 2. The molecule has 1 aliphatic carbocycles. The Bertz CT molecular complexity index is 611. The number of aromatic nitrogens is 2. The van der Waals surface area contributed by atoms with Gasteiger partial charge < -0.3 is 9.88 Å². The second kappa shape index (κ2) is 5.49. The average Bonchev–Trinajstić information content (AvgIpc) is 2.75. The van der Waals surface area contributed by atoms with E-state index in [1.54, 1.807) is 0 Å². The van der Waals surface area contributed by atoms with Crippen LogP contribution >= 0.6 is 15.9 Å². The zero-order chi connectivity index (χ0) is 14.2. The van der Waals surface area contributed by atoms with Gasteiger partial charge in [-0.1, -0.05) is 35.2 Å². The van der Waals surface area contributed by atoms with Crippen molar-refractivity contribution in [3.63, 3.8) is 0 Å². The monoisotopic (exact) mass is 335 g/mol. The first-order chi connectivity index (χ1) is 9.63. The summed E-state index contributed by atoms with van der Waals surface area (Å²) in [6.45, 7) is 0. The number of imidazole rings is 1. The maximum absolute atomic E-state index is 4.85. The van der Waals surface area contributed by atoms with E-state index in [1.165, 1.54) is 43.4 Å². The summed E-state index contributed by atoms with van der Waals surface area (Å²) >= 11 is 3.53. The Balaban J connectivity index is 1.95. The van der Waals surface area contributed by atoms with Gasteiger partial charge >= 0.3 is 0 Å². The maximum atomic E-state index is 4.85. The summed E-state index contributed by atoms with van der Waals surface area (Å²) in [7, 11) is 4.23. The van der Waals surface area contributed by atoms with Gasteiger partial charge in [0.15, 0.2) is 0 Å². The van der Waals surface area contributed by atoms with Gasteiger partial charge in [0, 0.05) is 23.5 Å². The molecular weight excluding hydrogens is 314 g/mol. The van der Waals surface area contributed by atoms with Crippen LogP contribution in [0.4, 0.5) is 0 Å². The molecule has 3 nitrogen and oxygen atoms in total. The van der Waals surface area contributed by atoms with E-state index in [0.717, 1.165) is 16.4 Å². The van der Waals surface area contributed by atoms with Gasteiger partial charge in [-0.15, -0.1) is 0 Å². The van der Waals surface area contributed by atoms with Crippen LogP contribution < -0.4 is 5.32 Å². The first-order valence-corrected chi connectivity index (χ1v) is 8.23. The van der Waals surface area contributed by atoms with E-state index < -0.39 is 0 Å². The van der Waals surface area contributed by atoms with Crippen LogP contribution in [-0.4, -0.2) is 22.1 Å². The van der Waals surface area contributed by atoms with Crippen molar-refractivity contribution in [2.45, 2.75) is 44.1 Å². The highest BCUT2D eigenvalue weighted by Crippen LogP contribution is 2.31. The molecule has 20 heavy (non-hydrogen) atoms. The molecule has 0 unspecified atom stereocenters. The Morgan fingerprint density at radius 3 is 2.75 bits per heavy atom. The van der Waals surface area contributed by atoms with E-state index in [9.17, 15) is 0 Å². The van der Waals surface area contributed by atoms with Gasteiger partial charge in [-0.2, -0.15) is 0 Å². The molecule has 0 saturated heterocycles. The number of likely N-dealkylation sites (N-methyl/N-ethyl adjacent to an activating group) is 1. The minimum Gasteiger partial charge on any atom is -0.331 e. The highest BCUT2D eigenvalue weighted by atomic mass is 79.9. The first-order valence-electron chi connectivity index (χ1n) is 7.43. The molecule has 1 N–H and O–H groups in total. The Hall–Kier alpha value is -0.870. The van der Waals surface area contributed by atoms with Crippen molar-refractivity contribution in [1.29, 1.82) is 0 Å². The third-order valence-corrected chi connectivity index (χ3v) is 5.27. The second-order valence-electron chi connectivity index (χ2n) is 5.99. The lowest BCUT2D eigenvalue weighted by atomic mass is 9.79. The highest BCUT2D eigenvalue weighted by molar-refractivity contribution is 9.10. The highest BCUT2D eigenvalue weighted by Gasteiger charge is 2.32. The van der Waals surface area contributed by atoms with Crippen LogP contribution in [0.3, 0.4) is 0 Å². The van der Waals surface area contributed by atoms with Gasteiger partial charge in [0.05, 0.1) is 11.0 Å². The Morgan fingerprint density at radius 1 is 1.30 bits per heavy atom. The van der Waals surface area contributed by atoms with Crippen molar-refractivity contribution in [1.82, 2.24) is 14.9 Å². The number of hydrogen-bond donors (Lipinski definition) is 1. The molecule has 1 aromatic heterocycles. The minimum atomic E-state index is 0.241. The van der Waals surface area contributed by atoms with Gasteiger partial charge in [-0.25, -0.2) is 4.98 Å². The molecule has 1 fully saturated rings. The Labute approximate surface area is 128 Å². The van der Waals surface area contributed by atoms with Crippen molar-refractivity contribution in [3.05, 3.63) is 28.5 Å². The lowest BCUT2D eigenvalue weighted by Crippen LogP contribution is -2.47. The van der Waals surface area contributed by atoms with Crippen LogP contribution in [-0.2, 0) is 13.5 Å². The topological polar surface area (TPSA) is 29.9 Å². The molecule has 2 aromatic rings. The SMILES string of the molecule is CNC1(Cc2nc3cc(Br)ccc3n2C)CCCCC1. The molecule has 0 spiro atoms. The Kier molecular flexibility index (Phi) is 3.87. The van der Waals surface area contributed by atoms with Crippen molar-refractivity contribution in [2.75, 3.05) is 7.05 Å². The molecule has 0 atom stereocenters. The molecule has 4 heteroatoms. The molecule has 1 saturated carbocycles. The summed E-state index contributed by atoms with van der Waals surface area (Å²) in [6.07, 6.45) is 7.57. The van der Waals surface area contributed by atoms with E-state index in [0.29, 0.717) is 0 Å². The molecule has 3 rings (SSSR count). The number of aryl methyl sites for hydroxylation is 1. The van der Waals surface area contributed by atoms with Gasteiger partial charge in [0.25, 0.3) is 0 Å². The zero-order valence-corrected chi connectivity index (χ0v) is 13.8. The van der Waals surface area contributed by atoms with Gasteiger partial charge in [-0.05, 0) is 38.1 Å². The van der Waals surface area contributed by atoms with Crippen molar-refractivity contribution < 1.29 is 0 Å². The van der Waals surface area contributed by atoms with Crippen LogP contribution in [0.5, 0.6) is 0 Å². The number of rotatable bonds is 3. The summed E-state index contributed by atoms with van der Waals surface area (Å²) < 4.78 is 3.34. The molecule has 1 aromatic carbocycles. The van der Waals surface area contributed by atoms with Crippen LogP contribution in [0.2, 0.25) is 0 Å². The lowest BCUT2D eigenvalue weighted by Gasteiger charge is -2.37. The van der Waals surface area contributed by atoms with Gasteiger partial charge in [-0.3, -0.25) is 0 Å². The van der Waals surface area contributed by atoms with Crippen LogP contribution in [0, 0.1) is 0 Å². The summed E-state index contributed by atoms with van der Waals surface area (Å²) in [4.78, 5) is 4.85. The first kappa shape index (κ1) is 14.1. The third kappa shape index (κ3) is 2.51. The number of fused-ring (bicyclic) bond motifs is 1. The molecule has 0 bridgehead atoms. The number of nitrogens with zero attached hydrogens (tertiary/aromatic N) is 2. The van der Waals surface area contributed by atoms with Gasteiger partial charge in [0.2, 0.25) is 0 Å².